The van der Waals surface area contributed by atoms with E-state index in [1.165, 1.54) is 0 Å². The van der Waals surface area contributed by atoms with Crippen LogP contribution in [0.1, 0.15) is 0 Å². The molecule has 0 aliphatic heterocycles. The molecule has 0 heterocycles. The van der Waals surface area contributed by atoms with Gasteiger partial charge in [-0.15, -0.1) is 0 Å². The summed E-state index contributed by atoms with van der Waals surface area (Å²) >= 11 is 1.04. The molecule has 0 aliphatic rings. The lowest BCUT2D eigenvalue weighted by molar-refractivity contribution is 1.89. The lowest BCUT2D eigenvalue weighted by Crippen LogP contribution is -1.52. The highest BCUT2D eigenvalue weighted by molar-refractivity contribution is 7.96. The van der Waals surface area contributed by atoms with Crippen LogP contribution in [0.5, 0.6) is 0 Å². The molecule has 38 valence electrons. The Bertz CT molecular complexity index is 87.7. The molecule has 0 amide bonds. The summed E-state index contributed by atoms with van der Waals surface area (Å²) in [5, 5.41) is 0. The lowest BCUT2D eigenvalue weighted by atomic mass is 10.7. The minimum Gasteiger partial charge on any atom is -0.210 e. The van der Waals surface area contributed by atoms with Crippen LogP contribution in [-0.4, -0.2) is 12.9 Å². The van der Waals surface area contributed by atoms with Crippen LogP contribution in [0.3, 0.4) is 0 Å². The zero-order valence-corrected chi connectivity index (χ0v) is 4.69. The number of rotatable bonds is 3. The van der Waals surface area contributed by atoms with Crippen molar-refractivity contribution < 1.29 is 0 Å². The van der Waals surface area contributed by atoms with E-state index in [0.29, 0.717) is 0 Å². The third kappa shape index (κ3) is 5.43. The molecule has 3 heteroatoms. The molecule has 2 nitrogen and oxygen atoms in total. The molecule has 0 rings (SSSR count). The Balaban J connectivity index is 3.08. The van der Waals surface area contributed by atoms with Gasteiger partial charge >= 0.3 is 0 Å². The normalized spacial score (nSPS) is 9.14. The molecule has 0 bridgehead atoms. The zero-order chi connectivity index (χ0) is 5.54. The molecule has 0 aromatic rings. The molecule has 0 saturated heterocycles. The van der Waals surface area contributed by atoms with E-state index < -0.39 is 0 Å². The predicted octanol–water partition coefficient (Wildman–Crippen LogP) is 1.51. The summed E-state index contributed by atoms with van der Waals surface area (Å²) < 4.78 is 7.05. The van der Waals surface area contributed by atoms with Crippen LogP contribution in [0, 0.1) is 0 Å². The van der Waals surface area contributed by atoms with E-state index >= 15 is 0 Å². The van der Waals surface area contributed by atoms with E-state index in [4.69, 9.17) is 0 Å². The largest absolute Gasteiger partial charge is 0.210 e. The van der Waals surface area contributed by atoms with Crippen LogP contribution in [0.15, 0.2) is 21.5 Å². The van der Waals surface area contributed by atoms with Gasteiger partial charge in [0.2, 0.25) is 0 Å². The Morgan fingerprint density at radius 3 is 2.71 bits per heavy atom. The molecule has 7 heavy (non-hydrogen) atoms. The maximum absolute atomic E-state index is 3.65. The summed E-state index contributed by atoms with van der Waals surface area (Å²) in [6, 6.07) is 0. The predicted molar refractivity (Wildman–Crippen MR) is 35.8 cm³/mol. The van der Waals surface area contributed by atoms with Crippen molar-refractivity contribution in [3.8, 4) is 0 Å². The molecule has 0 aliphatic carbocycles. The summed E-state index contributed by atoms with van der Waals surface area (Å²) in [5.41, 5.74) is 0. The van der Waals surface area contributed by atoms with Crippen LogP contribution in [0.25, 0.3) is 0 Å². The Labute approximate surface area is 47.3 Å². The van der Waals surface area contributed by atoms with Gasteiger partial charge in [-0.25, -0.2) is 8.80 Å². The average Bonchev–Trinajstić information content (AvgIpc) is 1.69. The molecule has 0 radical (unpaired) electrons. The van der Waals surface area contributed by atoms with Crippen molar-refractivity contribution in [2.45, 2.75) is 0 Å². The number of allylic oxidation sites excluding steroid dienone is 1. The van der Waals surface area contributed by atoms with E-state index in [0.717, 1.165) is 12.1 Å². The number of nitrogens with zero attached hydrogens (tertiary/aromatic N) is 2. The third-order valence-electron chi connectivity index (χ3n) is 0.271. The van der Waals surface area contributed by atoms with Crippen LogP contribution in [0.2, 0.25) is 0 Å². The van der Waals surface area contributed by atoms with Gasteiger partial charge in [0.05, 0.1) is 0 Å². The summed E-state index contributed by atoms with van der Waals surface area (Å²) in [7, 11) is 0. The summed E-state index contributed by atoms with van der Waals surface area (Å²) in [6.07, 6.45) is 3.14. The summed E-state index contributed by atoms with van der Waals surface area (Å²) in [4.78, 5) is 0. The number of hydrogen-bond donors (Lipinski definition) is 0. The van der Waals surface area contributed by atoms with Gasteiger partial charge in [0.25, 0.3) is 0 Å². The van der Waals surface area contributed by atoms with E-state index in [-0.39, 0.29) is 0 Å². The van der Waals surface area contributed by atoms with Crippen LogP contribution >= 0.6 is 12.1 Å². The zero-order valence-electron chi connectivity index (χ0n) is 3.87. The first-order valence-corrected chi connectivity index (χ1v) is 2.41. The fourth-order valence-corrected chi connectivity index (χ4v) is 0.311. The molecule has 0 saturated carbocycles. The van der Waals surface area contributed by atoms with Crippen LogP contribution < -0.4 is 0 Å². The Kier molecular flexibility index (Phi) is 4.99. The summed E-state index contributed by atoms with van der Waals surface area (Å²) in [6.45, 7) is 6.61. The van der Waals surface area contributed by atoms with Crippen molar-refractivity contribution in [2.24, 2.45) is 8.80 Å². The Hall–Kier alpha value is -0.570. The van der Waals surface area contributed by atoms with Gasteiger partial charge in [-0.3, -0.25) is 0 Å². The molecule has 0 aromatic carbocycles. The quantitative estimate of drug-likeness (QED) is 0.403. The van der Waals surface area contributed by atoms with Crippen molar-refractivity contribution in [3.63, 3.8) is 0 Å². The van der Waals surface area contributed by atoms with Crippen molar-refractivity contribution in [1.29, 1.82) is 0 Å². The fourth-order valence-electron chi connectivity index (χ4n) is 0.104. The smallest absolute Gasteiger partial charge is 0.114 e. The van der Waals surface area contributed by atoms with Gasteiger partial charge in [0.15, 0.2) is 0 Å². The van der Waals surface area contributed by atoms with Gasteiger partial charge in [-0.1, -0.05) is 12.7 Å². The van der Waals surface area contributed by atoms with Crippen molar-refractivity contribution >= 4 is 25.1 Å². The molecule has 0 aromatic heterocycles. The molecule has 0 spiro atoms. The van der Waals surface area contributed by atoms with Crippen molar-refractivity contribution in [1.82, 2.24) is 0 Å². The second-order valence-electron chi connectivity index (χ2n) is 0.701. The van der Waals surface area contributed by atoms with E-state index in [2.05, 4.69) is 22.1 Å². The topological polar surface area (TPSA) is 24.7 Å². The van der Waals surface area contributed by atoms with E-state index in [1.807, 2.05) is 0 Å². The minimum atomic E-state index is 1.04. The first-order chi connectivity index (χ1) is 3.41. The Morgan fingerprint density at radius 2 is 2.29 bits per heavy atom. The maximum Gasteiger partial charge on any atom is 0.114 e. The molecule has 0 atom stereocenters. The van der Waals surface area contributed by atoms with Crippen molar-refractivity contribution in [3.05, 3.63) is 12.7 Å². The first-order valence-electron chi connectivity index (χ1n) is 1.68. The van der Waals surface area contributed by atoms with E-state index in [1.54, 1.807) is 12.3 Å². The lowest BCUT2D eigenvalue weighted by Gasteiger charge is -1.71. The van der Waals surface area contributed by atoms with Gasteiger partial charge in [-0.2, -0.15) is 0 Å². The summed E-state index contributed by atoms with van der Waals surface area (Å²) in [5.74, 6) is 0. The average molecular weight is 114 g/mol. The second kappa shape index (κ2) is 5.43. The third-order valence-corrected chi connectivity index (χ3v) is 0.603. The standard InChI is InChI=1S/C4H6N2S/c1-3-4-6-7-5-2/h3-4H,1-2H2/b6-4-. The van der Waals surface area contributed by atoms with Gasteiger partial charge < -0.3 is 0 Å². The minimum absolute atomic E-state index is 1.04. The first kappa shape index (κ1) is 6.43. The van der Waals surface area contributed by atoms with Crippen LogP contribution in [-0.2, 0) is 0 Å². The van der Waals surface area contributed by atoms with Crippen LogP contribution in [0.4, 0.5) is 0 Å². The SMILES string of the molecule is C=C/C=N\SN=C. The Morgan fingerprint density at radius 1 is 1.57 bits per heavy atom. The molecule has 0 fully saturated rings. The van der Waals surface area contributed by atoms with Crippen molar-refractivity contribution in [2.75, 3.05) is 0 Å². The monoisotopic (exact) mass is 114 g/mol. The molecule has 0 unspecified atom stereocenters. The fraction of sp³-hybridized carbons (Fsp3) is 0. The highest BCUT2D eigenvalue weighted by Gasteiger charge is 1.61. The highest BCUT2D eigenvalue weighted by atomic mass is 32.2. The van der Waals surface area contributed by atoms with E-state index in [9.17, 15) is 0 Å². The van der Waals surface area contributed by atoms with Gasteiger partial charge in [0.1, 0.15) is 12.1 Å². The molecule has 0 N–H and O–H groups in total. The molecular weight excluding hydrogens is 108 g/mol. The highest BCUT2D eigenvalue weighted by Crippen LogP contribution is 1.97. The van der Waals surface area contributed by atoms with Gasteiger partial charge in [-0.05, 0) is 0 Å². The number of hydrogen-bond acceptors (Lipinski definition) is 3. The second-order valence-corrected chi connectivity index (χ2v) is 1.33. The maximum atomic E-state index is 3.65. The molecular formula is C4H6N2S. The van der Waals surface area contributed by atoms with Gasteiger partial charge in [0, 0.05) is 12.9 Å².